The molecule has 4 aromatic rings. The van der Waals surface area contributed by atoms with Crippen LogP contribution in [-0.4, -0.2) is 26.8 Å². The van der Waals surface area contributed by atoms with Crippen molar-refractivity contribution in [1.82, 2.24) is 9.97 Å². The lowest BCUT2D eigenvalue weighted by atomic mass is 9.88. The summed E-state index contributed by atoms with van der Waals surface area (Å²) in [4.78, 5) is 32.7. The van der Waals surface area contributed by atoms with Crippen molar-refractivity contribution in [2.45, 2.75) is 19.3 Å². The molecule has 1 saturated carbocycles. The number of Topliss-reactive ketones (excluding diaryl/α,β-unsaturated/α-hetero) is 1. The number of hydrogen-bond acceptors (Lipinski definition) is 6. The average molecular weight is 427 g/mol. The topological polar surface area (TPSA) is 105 Å². The van der Waals surface area contributed by atoms with Crippen molar-refractivity contribution in [1.29, 1.82) is 0 Å². The first-order valence-electron chi connectivity index (χ1n) is 10.5. The lowest BCUT2D eigenvalue weighted by molar-refractivity contribution is -0.142. The molecule has 7 nitrogen and oxygen atoms in total. The van der Waals surface area contributed by atoms with Gasteiger partial charge in [0.1, 0.15) is 0 Å². The van der Waals surface area contributed by atoms with Gasteiger partial charge in [0.2, 0.25) is 5.65 Å². The molecule has 2 aromatic heterocycles. The minimum absolute atomic E-state index is 0.0752. The van der Waals surface area contributed by atoms with E-state index in [0.717, 1.165) is 23.2 Å². The van der Waals surface area contributed by atoms with Gasteiger partial charge in [-0.3, -0.25) is 9.59 Å². The van der Waals surface area contributed by atoms with Crippen LogP contribution in [0.4, 0.5) is 11.7 Å². The van der Waals surface area contributed by atoms with Crippen LogP contribution in [0.5, 0.6) is 0 Å². The van der Waals surface area contributed by atoms with Crippen molar-refractivity contribution in [2.24, 2.45) is 11.8 Å². The molecule has 2 unspecified atom stereocenters. The van der Waals surface area contributed by atoms with Gasteiger partial charge in [-0.05, 0) is 48.2 Å². The quantitative estimate of drug-likeness (QED) is 0.401. The summed E-state index contributed by atoms with van der Waals surface area (Å²) in [7, 11) is 0. The Bertz CT molecular complexity index is 1250. The van der Waals surface area contributed by atoms with Crippen LogP contribution in [0.2, 0.25) is 0 Å². The second-order valence-electron chi connectivity index (χ2n) is 7.97. The molecule has 2 aromatic carbocycles. The van der Waals surface area contributed by atoms with E-state index in [4.69, 9.17) is 4.42 Å². The molecule has 1 fully saturated rings. The maximum absolute atomic E-state index is 12.8. The smallest absolute Gasteiger partial charge is 0.307 e. The summed E-state index contributed by atoms with van der Waals surface area (Å²) in [5, 5.41) is 12.5. The van der Waals surface area contributed by atoms with Crippen LogP contribution in [0.1, 0.15) is 29.6 Å². The number of fused-ring (bicyclic) bond motifs is 1. The maximum atomic E-state index is 12.8. The molecule has 0 bridgehead atoms. The van der Waals surface area contributed by atoms with Gasteiger partial charge in [0.25, 0.3) is 0 Å². The van der Waals surface area contributed by atoms with Crippen LogP contribution in [-0.2, 0) is 4.79 Å². The Kier molecular flexibility index (Phi) is 5.15. The Balaban J connectivity index is 1.29. The molecular formula is C25H21N3O4. The third-order valence-corrected chi connectivity index (χ3v) is 5.97. The molecule has 32 heavy (non-hydrogen) atoms. The van der Waals surface area contributed by atoms with Crippen LogP contribution in [0.15, 0.2) is 71.3 Å². The van der Waals surface area contributed by atoms with E-state index in [1.807, 2.05) is 42.5 Å². The van der Waals surface area contributed by atoms with E-state index in [2.05, 4.69) is 15.3 Å². The van der Waals surface area contributed by atoms with Gasteiger partial charge in [-0.1, -0.05) is 42.8 Å². The number of hydrogen-bond donors (Lipinski definition) is 2. The molecule has 160 valence electrons. The first-order valence-corrected chi connectivity index (χ1v) is 10.5. The van der Waals surface area contributed by atoms with Crippen molar-refractivity contribution in [2.75, 3.05) is 5.32 Å². The molecule has 0 radical (unpaired) electrons. The summed E-state index contributed by atoms with van der Waals surface area (Å²) < 4.78 is 5.63. The van der Waals surface area contributed by atoms with Crippen molar-refractivity contribution in [3.8, 4) is 11.1 Å². The van der Waals surface area contributed by atoms with E-state index >= 15 is 0 Å². The van der Waals surface area contributed by atoms with Crippen LogP contribution in [0, 0.1) is 11.8 Å². The van der Waals surface area contributed by atoms with E-state index in [-0.39, 0.29) is 5.78 Å². The van der Waals surface area contributed by atoms with Crippen LogP contribution >= 0.6 is 0 Å². The third kappa shape index (κ3) is 3.85. The molecule has 0 saturated heterocycles. The van der Waals surface area contributed by atoms with E-state index < -0.39 is 17.8 Å². The number of nitrogens with zero attached hydrogens (tertiary/aromatic N) is 2. The van der Waals surface area contributed by atoms with Gasteiger partial charge < -0.3 is 14.8 Å². The largest absolute Gasteiger partial charge is 0.481 e. The molecule has 0 spiro atoms. The number of aromatic nitrogens is 2. The van der Waals surface area contributed by atoms with Gasteiger partial charge in [-0.15, -0.1) is 0 Å². The van der Waals surface area contributed by atoms with Crippen molar-refractivity contribution >= 4 is 34.7 Å². The van der Waals surface area contributed by atoms with Crippen molar-refractivity contribution in [3.63, 3.8) is 0 Å². The van der Waals surface area contributed by atoms with Gasteiger partial charge in [0, 0.05) is 23.4 Å². The number of nitrogens with one attached hydrogen (secondary N) is 1. The number of carboxylic acid groups (broad SMARTS) is 1. The second kappa shape index (κ2) is 8.26. The van der Waals surface area contributed by atoms with Crippen LogP contribution in [0.3, 0.4) is 0 Å². The summed E-state index contributed by atoms with van der Waals surface area (Å²) >= 11 is 0. The highest BCUT2D eigenvalue weighted by Crippen LogP contribution is 2.35. The summed E-state index contributed by atoms with van der Waals surface area (Å²) in [6.07, 6.45) is 3.67. The summed E-state index contributed by atoms with van der Waals surface area (Å²) in [6, 6.07) is 19.1. The van der Waals surface area contributed by atoms with E-state index in [9.17, 15) is 14.7 Å². The molecule has 0 amide bonds. The molecule has 7 heteroatoms. The molecule has 2 N–H and O–H groups in total. The van der Waals surface area contributed by atoms with Gasteiger partial charge in [0.05, 0.1) is 5.92 Å². The van der Waals surface area contributed by atoms with Crippen molar-refractivity contribution < 1.29 is 19.1 Å². The molecule has 1 aliphatic carbocycles. The Morgan fingerprint density at radius 3 is 2.31 bits per heavy atom. The van der Waals surface area contributed by atoms with E-state index in [1.54, 1.807) is 24.4 Å². The second-order valence-corrected chi connectivity index (χ2v) is 7.97. The first-order chi connectivity index (χ1) is 15.6. The Hall–Kier alpha value is -4.00. The fourth-order valence-electron chi connectivity index (χ4n) is 4.30. The normalized spacial score (nSPS) is 18.0. The van der Waals surface area contributed by atoms with E-state index in [0.29, 0.717) is 35.6 Å². The number of benzene rings is 2. The zero-order valence-corrected chi connectivity index (χ0v) is 17.2. The van der Waals surface area contributed by atoms with Gasteiger partial charge in [-0.25, -0.2) is 4.98 Å². The number of anilines is 2. The lowest BCUT2D eigenvalue weighted by Crippen LogP contribution is -2.25. The summed E-state index contributed by atoms with van der Waals surface area (Å²) in [6.45, 7) is 0. The minimum atomic E-state index is -0.875. The molecule has 5 rings (SSSR count). The monoisotopic (exact) mass is 427 g/mol. The molecule has 0 aliphatic heterocycles. The molecule has 2 heterocycles. The van der Waals surface area contributed by atoms with Crippen molar-refractivity contribution in [3.05, 3.63) is 72.4 Å². The van der Waals surface area contributed by atoms with Gasteiger partial charge >= 0.3 is 12.0 Å². The van der Waals surface area contributed by atoms with E-state index in [1.165, 1.54) is 0 Å². The van der Waals surface area contributed by atoms with Gasteiger partial charge in [-0.2, -0.15) is 4.98 Å². The standard InChI is InChI=1S/C25H21N3O4/c29-22(19-3-1-4-20(19)24(30)31)17-8-6-15(7-9-17)16-10-12-18(13-11-16)27-25-28-23-21(32-25)5-2-14-26-23/h2,5-14,19-20H,1,3-4H2,(H,30,31)(H,26,27,28). The molecule has 2 atom stereocenters. The first kappa shape index (κ1) is 19.9. The highest BCUT2D eigenvalue weighted by Gasteiger charge is 2.37. The Morgan fingerprint density at radius 1 is 0.938 bits per heavy atom. The molecular weight excluding hydrogens is 406 g/mol. The molecule has 1 aliphatic rings. The minimum Gasteiger partial charge on any atom is -0.481 e. The highest BCUT2D eigenvalue weighted by atomic mass is 16.4. The third-order valence-electron chi connectivity index (χ3n) is 5.97. The zero-order chi connectivity index (χ0) is 22.1. The van der Waals surface area contributed by atoms with Crippen LogP contribution in [0.25, 0.3) is 22.4 Å². The van der Waals surface area contributed by atoms with Crippen LogP contribution < -0.4 is 5.32 Å². The fraction of sp³-hybridized carbons (Fsp3) is 0.200. The number of carbonyl (C=O) groups excluding carboxylic acids is 1. The van der Waals surface area contributed by atoms with Gasteiger partial charge in [0.15, 0.2) is 11.4 Å². The number of oxazole rings is 1. The predicted octanol–water partition coefficient (Wildman–Crippen LogP) is 5.32. The summed E-state index contributed by atoms with van der Waals surface area (Å²) in [5.74, 6) is -1.95. The number of carbonyl (C=O) groups is 2. The Labute approximate surface area is 184 Å². The number of rotatable bonds is 6. The zero-order valence-electron chi connectivity index (χ0n) is 17.2. The SMILES string of the molecule is O=C(O)C1CCCC1C(=O)c1ccc(-c2ccc(Nc3nc4ncccc4o3)cc2)cc1. The lowest BCUT2D eigenvalue weighted by Gasteiger charge is -2.14. The highest BCUT2D eigenvalue weighted by molar-refractivity contribution is 6.00. The number of ketones is 1. The number of pyridine rings is 1. The maximum Gasteiger partial charge on any atom is 0.307 e. The summed E-state index contributed by atoms with van der Waals surface area (Å²) in [5.41, 5.74) is 4.53. The Morgan fingerprint density at radius 2 is 1.62 bits per heavy atom. The fourth-order valence-corrected chi connectivity index (χ4v) is 4.30. The predicted molar refractivity (Wildman–Crippen MR) is 120 cm³/mol. The number of aliphatic carboxylic acids is 1. The average Bonchev–Trinajstić information content (AvgIpc) is 3.46. The number of carboxylic acids is 1.